The normalized spacial score (nSPS) is 12.8. The number of hydrogen-bond donors (Lipinski definition) is 1. The first-order chi connectivity index (χ1) is 8.04. The molecule has 0 saturated carbocycles. The van der Waals surface area contributed by atoms with Crippen LogP contribution in [0.1, 0.15) is 50.3 Å². The number of ether oxygens (including phenoxy) is 1. The minimum absolute atomic E-state index is 0.372. The fourth-order valence-electron chi connectivity index (χ4n) is 1.93. The van der Waals surface area contributed by atoms with Crippen LogP contribution in [-0.2, 0) is 0 Å². The van der Waals surface area contributed by atoms with E-state index in [-0.39, 0.29) is 6.10 Å². The molecule has 0 aromatic heterocycles. The molecule has 0 aliphatic rings. The lowest BCUT2D eigenvalue weighted by Crippen LogP contribution is -2.00. The fourth-order valence-corrected chi connectivity index (χ4v) is 1.93. The molecule has 1 rings (SSSR count). The van der Waals surface area contributed by atoms with Crippen LogP contribution >= 0.6 is 0 Å². The summed E-state index contributed by atoms with van der Waals surface area (Å²) in [5, 5.41) is 10.1. The SMILES string of the molecule is COc1cc(C(O)CCCC(C)C)ccc1C. The van der Waals surface area contributed by atoms with Gasteiger partial charge in [-0.2, -0.15) is 0 Å². The van der Waals surface area contributed by atoms with Crippen LogP contribution in [0.5, 0.6) is 5.75 Å². The third-order valence-corrected chi connectivity index (χ3v) is 3.08. The molecular formula is C15H24O2. The highest BCUT2D eigenvalue weighted by Gasteiger charge is 2.10. The lowest BCUT2D eigenvalue weighted by atomic mass is 9.99. The third-order valence-electron chi connectivity index (χ3n) is 3.08. The van der Waals surface area contributed by atoms with E-state index in [0.29, 0.717) is 5.92 Å². The molecule has 96 valence electrons. The van der Waals surface area contributed by atoms with Gasteiger partial charge >= 0.3 is 0 Å². The van der Waals surface area contributed by atoms with Gasteiger partial charge in [0.15, 0.2) is 0 Å². The number of rotatable bonds is 6. The van der Waals surface area contributed by atoms with Crippen molar-refractivity contribution in [2.24, 2.45) is 5.92 Å². The fraction of sp³-hybridized carbons (Fsp3) is 0.600. The van der Waals surface area contributed by atoms with Crippen LogP contribution in [0, 0.1) is 12.8 Å². The highest BCUT2D eigenvalue weighted by Crippen LogP contribution is 2.26. The van der Waals surface area contributed by atoms with E-state index in [9.17, 15) is 5.11 Å². The zero-order chi connectivity index (χ0) is 12.8. The lowest BCUT2D eigenvalue weighted by molar-refractivity contribution is 0.161. The maximum atomic E-state index is 10.1. The first kappa shape index (κ1) is 14.0. The summed E-state index contributed by atoms with van der Waals surface area (Å²) >= 11 is 0. The van der Waals surface area contributed by atoms with Crippen molar-refractivity contribution in [2.45, 2.75) is 46.1 Å². The Labute approximate surface area is 105 Å². The Morgan fingerprint density at radius 2 is 1.94 bits per heavy atom. The van der Waals surface area contributed by atoms with Crippen molar-refractivity contribution in [3.8, 4) is 5.75 Å². The van der Waals surface area contributed by atoms with E-state index < -0.39 is 0 Å². The molecule has 0 radical (unpaired) electrons. The second-order valence-electron chi connectivity index (χ2n) is 5.07. The Morgan fingerprint density at radius 1 is 1.24 bits per heavy atom. The quantitative estimate of drug-likeness (QED) is 0.812. The number of aliphatic hydroxyl groups is 1. The van der Waals surface area contributed by atoms with E-state index in [0.717, 1.165) is 29.7 Å². The average molecular weight is 236 g/mol. The van der Waals surface area contributed by atoms with E-state index >= 15 is 0 Å². The van der Waals surface area contributed by atoms with Gasteiger partial charge < -0.3 is 9.84 Å². The largest absolute Gasteiger partial charge is 0.496 e. The Balaban J connectivity index is 2.59. The third kappa shape index (κ3) is 4.39. The highest BCUT2D eigenvalue weighted by atomic mass is 16.5. The smallest absolute Gasteiger partial charge is 0.122 e. The molecule has 1 atom stereocenters. The van der Waals surface area contributed by atoms with Crippen LogP contribution in [0.15, 0.2) is 18.2 Å². The Hall–Kier alpha value is -1.02. The molecule has 1 aromatic rings. The van der Waals surface area contributed by atoms with Crippen molar-refractivity contribution in [3.63, 3.8) is 0 Å². The summed E-state index contributed by atoms with van der Waals surface area (Å²) in [4.78, 5) is 0. The molecule has 0 fully saturated rings. The standard InChI is InChI=1S/C15H24O2/c1-11(2)6-5-7-14(16)13-9-8-12(3)15(10-13)17-4/h8-11,14,16H,5-7H2,1-4H3. The van der Waals surface area contributed by atoms with Gasteiger partial charge in [0.2, 0.25) is 0 Å². The molecule has 1 aromatic carbocycles. The summed E-state index contributed by atoms with van der Waals surface area (Å²) in [6, 6.07) is 5.92. The summed E-state index contributed by atoms with van der Waals surface area (Å²) < 4.78 is 5.27. The highest BCUT2D eigenvalue weighted by molar-refractivity contribution is 5.37. The minimum Gasteiger partial charge on any atom is -0.496 e. The van der Waals surface area contributed by atoms with Gasteiger partial charge in [-0.05, 0) is 36.5 Å². The van der Waals surface area contributed by atoms with Crippen molar-refractivity contribution in [3.05, 3.63) is 29.3 Å². The molecule has 0 aliphatic heterocycles. The summed E-state index contributed by atoms with van der Waals surface area (Å²) in [5.74, 6) is 1.56. The average Bonchev–Trinajstić information content (AvgIpc) is 2.29. The van der Waals surface area contributed by atoms with Gasteiger partial charge in [-0.25, -0.2) is 0 Å². The molecule has 0 bridgehead atoms. The van der Waals surface area contributed by atoms with E-state index in [1.54, 1.807) is 7.11 Å². The van der Waals surface area contributed by atoms with Crippen molar-refractivity contribution in [1.82, 2.24) is 0 Å². The maximum absolute atomic E-state index is 10.1. The first-order valence-electron chi connectivity index (χ1n) is 6.37. The van der Waals surface area contributed by atoms with Crippen LogP contribution in [0.4, 0.5) is 0 Å². The van der Waals surface area contributed by atoms with E-state index in [2.05, 4.69) is 13.8 Å². The molecule has 0 aliphatic carbocycles. The number of aliphatic hydroxyl groups excluding tert-OH is 1. The number of benzene rings is 1. The van der Waals surface area contributed by atoms with Crippen molar-refractivity contribution < 1.29 is 9.84 Å². The topological polar surface area (TPSA) is 29.5 Å². The van der Waals surface area contributed by atoms with Crippen LogP contribution < -0.4 is 4.74 Å². The number of aryl methyl sites for hydroxylation is 1. The van der Waals surface area contributed by atoms with Gasteiger partial charge in [-0.1, -0.05) is 38.8 Å². The van der Waals surface area contributed by atoms with Crippen LogP contribution in [0.2, 0.25) is 0 Å². The van der Waals surface area contributed by atoms with Crippen molar-refractivity contribution >= 4 is 0 Å². The van der Waals surface area contributed by atoms with Gasteiger partial charge in [0.25, 0.3) is 0 Å². The van der Waals surface area contributed by atoms with Gasteiger partial charge in [-0.15, -0.1) is 0 Å². The molecule has 0 amide bonds. The Morgan fingerprint density at radius 3 is 2.53 bits per heavy atom. The number of methoxy groups -OCH3 is 1. The zero-order valence-corrected chi connectivity index (χ0v) is 11.4. The summed E-state index contributed by atoms with van der Waals surface area (Å²) in [7, 11) is 1.66. The summed E-state index contributed by atoms with van der Waals surface area (Å²) in [6.07, 6.45) is 2.68. The second kappa shape index (κ2) is 6.65. The molecule has 2 heteroatoms. The molecule has 0 heterocycles. The molecule has 2 nitrogen and oxygen atoms in total. The minimum atomic E-state index is -0.372. The predicted molar refractivity (Wildman–Crippen MR) is 71.4 cm³/mol. The molecule has 17 heavy (non-hydrogen) atoms. The van der Waals surface area contributed by atoms with Gasteiger partial charge in [0.05, 0.1) is 13.2 Å². The van der Waals surface area contributed by atoms with Crippen LogP contribution in [0.25, 0.3) is 0 Å². The number of hydrogen-bond acceptors (Lipinski definition) is 2. The Bertz CT molecular complexity index is 345. The molecule has 1 unspecified atom stereocenters. The maximum Gasteiger partial charge on any atom is 0.122 e. The van der Waals surface area contributed by atoms with Gasteiger partial charge in [0.1, 0.15) is 5.75 Å². The van der Waals surface area contributed by atoms with Gasteiger partial charge in [0, 0.05) is 0 Å². The second-order valence-corrected chi connectivity index (χ2v) is 5.07. The van der Waals surface area contributed by atoms with E-state index in [1.807, 2.05) is 25.1 Å². The lowest BCUT2D eigenvalue weighted by Gasteiger charge is -2.14. The van der Waals surface area contributed by atoms with Crippen LogP contribution in [0.3, 0.4) is 0 Å². The van der Waals surface area contributed by atoms with Crippen LogP contribution in [-0.4, -0.2) is 12.2 Å². The molecule has 0 spiro atoms. The Kier molecular flexibility index (Phi) is 5.49. The van der Waals surface area contributed by atoms with E-state index in [1.165, 1.54) is 6.42 Å². The molecular weight excluding hydrogens is 212 g/mol. The van der Waals surface area contributed by atoms with Gasteiger partial charge in [-0.3, -0.25) is 0 Å². The van der Waals surface area contributed by atoms with E-state index in [4.69, 9.17) is 4.74 Å². The van der Waals surface area contributed by atoms with Crippen molar-refractivity contribution in [1.29, 1.82) is 0 Å². The van der Waals surface area contributed by atoms with Crippen molar-refractivity contribution in [2.75, 3.05) is 7.11 Å². The molecule has 0 saturated heterocycles. The first-order valence-corrected chi connectivity index (χ1v) is 6.37. The molecule has 1 N–H and O–H groups in total. The predicted octanol–water partition coefficient (Wildman–Crippen LogP) is 3.86. The monoisotopic (exact) mass is 236 g/mol. The summed E-state index contributed by atoms with van der Waals surface area (Å²) in [6.45, 7) is 6.43. The zero-order valence-electron chi connectivity index (χ0n) is 11.4. The summed E-state index contributed by atoms with van der Waals surface area (Å²) in [5.41, 5.74) is 2.06.